The zero-order chi connectivity index (χ0) is 15.2. The molecule has 0 aromatic rings. The molecule has 0 aromatic heterocycles. The van der Waals surface area contributed by atoms with E-state index in [0.717, 1.165) is 32.1 Å². The number of hydrogen-bond acceptors (Lipinski definition) is 2. The van der Waals surface area contributed by atoms with E-state index in [4.69, 9.17) is 4.74 Å². The van der Waals surface area contributed by atoms with Gasteiger partial charge in [0, 0.05) is 33.9 Å². The van der Waals surface area contributed by atoms with Crippen LogP contribution in [-0.2, 0) is 4.74 Å². The molecule has 2 aliphatic rings. The number of hydrogen-bond donors (Lipinski definition) is 2. The van der Waals surface area contributed by atoms with E-state index in [9.17, 15) is 0 Å². The quantitative estimate of drug-likeness (QED) is 0.561. The number of rotatable bonds is 7. The van der Waals surface area contributed by atoms with Crippen molar-refractivity contribution in [3.8, 4) is 0 Å². The molecular formula is C17H33N3O. The van der Waals surface area contributed by atoms with Crippen LogP contribution >= 0.6 is 0 Å². The van der Waals surface area contributed by atoms with Crippen molar-refractivity contribution in [2.75, 3.05) is 33.9 Å². The Balaban J connectivity index is 1.74. The summed E-state index contributed by atoms with van der Waals surface area (Å²) in [5, 5.41) is 7.08. The zero-order valence-electron chi connectivity index (χ0n) is 14.1. The first kappa shape index (κ1) is 16.6. The molecule has 0 aromatic carbocycles. The van der Waals surface area contributed by atoms with Crippen molar-refractivity contribution >= 4 is 5.96 Å². The highest BCUT2D eigenvalue weighted by molar-refractivity contribution is 5.79. The Morgan fingerprint density at radius 3 is 2.24 bits per heavy atom. The Kier molecular flexibility index (Phi) is 5.91. The summed E-state index contributed by atoms with van der Waals surface area (Å²) in [6, 6.07) is 0. The van der Waals surface area contributed by atoms with Gasteiger partial charge in [0.25, 0.3) is 0 Å². The zero-order valence-corrected chi connectivity index (χ0v) is 14.1. The fraction of sp³-hybridized carbons (Fsp3) is 0.941. The lowest BCUT2D eigenvalue weighted by atomic mass is 9.67. The number of nitrogens with one attached hydrogen (secondary N) is 2. The van der Waals surface area contributed by atoms with Gasteiger partial charge >= 0.3 is 0 Å². The largest absolute Gasteiger partial charge is 0.385 e. The van der Waals surface area contributed by atoms with Gasteiger partial charge in [0.2, 0.25) is 0 Å². The topological polar surface area (TPSA) is 45.7 Å². The van der Waals surface area contributed by atoms with Crippen molar-refractivity contribution in [1.82, 2.24) is 10.6 Å². The van der Waals surface area contributed by atoms with Crippen LogP contribution in [0.4, 0.5) is 0 Å². The fourth-order valence-corrected chi connectivity index (χ4v) is 3.70. The van der Waals surface area contributed by atoms with E-state index in [1.807, 2.05) is 7.05 Å². The predicted octanol–water partition coefficient (Wildman–Crippen LogP) is 2.94. The number of nitrogens with zero attached hydrogens (tertiary/aromatic N) is 1. The molecule has 0 bridgehead atoms. The lowest BCUT2D eigenvalue weighted by Crippen LogP contribution is -2.48. The average Bonchev–Trinajstić information content (AvgIpc) is 2.87. The van der Waals surface area contributed by atoms with E-state index in [-0.39, 0.29) is 0 Å². The molecule has 0 amide bonds. The first-order valence-electron chi connectivity index (χ1n) is 8.55. The Bertz CT molecular complexity index is 344. The second kappa shape index (κ2) is 7.48. The van der Waals surface area contributed by atoms with Crippen LogP contribution < -0.4 is 10.6 Å². The maximum absolute atomic E-state index is 5.26. The summed E-state index contributed by atoms with van der Waals surface area (Å²) in [5.74, 6) is 0.965. The maximum Gasteiger partial charge on any atom is 0.191 e. The minimum absolute atomic E-state index is 0.435. The minimum atomic E-state index is 0.435. The molecule has 2 rings (SSSR count). The molecule has 0 spiro atoms. The average molecular weight is 295 g/mol. The lowest BCUT2D eigenvalue weighted by molar-refractivity contribution is 0.0732. The van der Waals surface area contributed by atoms with E-state index in [1.165, 1.54) is 44.9 Å². The summed E-state index contributed by atoms with van der Waals surface area (Å²) < 4.78 is 5.26. The highest BCUT2D eigenvalue weighted by atomic mass is 16.5. The van der Waals surface area contributed by atoms with Crippen LogP contribution in [0.2, 0.25) is 0 Å². The summed E-state index contributed by atoms with van der Waals surface area (Å²) >= 11 is 0. The third-order valence-electron chi connectivity index (χ3n) is 5.60. The van der Waals surface area contributed by atoms with Gasteiger partial charge in [0.15, 0.2) is 5.96 Å². The maximum atomic E-state index is 5.26. The van der Waals surface area contributed by atoms with Crippen LogP contribution in [0.5, 0.6) is 0 Å². The van der Waals surface area contributed by atoms with Gasteiger partial charge in [-0.1, -0.05) is 26.2 Å². The van der Waals surface area contributed by atoms with E-state index in [0.29, 0.717) is 10.8 Å². The molecule has 2 N–H and O–H groups in total. The molecule has 2 saturated carbocycles. The smallest absolute Gasteiger partial charge is 0.191 e. The summed E-state index contributed by atoms with van der Waals surface area (Å²) in [4.78, 5) is 4.39. The molecule has 4 heteroatoms. The molecule has 0 heterocycles. The monoisotopic (exact) mass is 295 g/mol. The molecule has 0 unspecified atom stereocenters. The van der Waals surface area contributed by atoms with Gasteiger partial charge in [-0.25, -0.2) is 0 Å². The third kappa shape index (κ3) is 4.60. The van der Waals surface area contributed by atoms with Gasteiger partial charge in [-0.3, -0.25) is 4.99 Å². The van der Waals surface area contributed by atoms with Crippen LogP contribution in [0.15, 0.2) is 4.99 Å². The Morgan fingerprint density at radius 2 is 1.71 bits per heavy atom. The van der Waals surface area contributed by atoms with E-state index >= 15 is 0 Å². The molecule has 0 saturated heterocycles. The van der Waals surface area contributed by atoms with Crippen LogP contribution in [-0.4, -0.2) is 39.8 Å². The lowest BCUT2D eigenvalue weighted by Gasteiger charge is -2.42. The van der Waals surface area contributed by atoms with Crippen LogP contribution in [0.25, 0.3) is 0 Å². The van der Waals surface area contributed by atoms with Crippen molar-refractivity contribution in [2.24, 2.45) is 15.8 Å². The molecular weight excluding hydrogens is 262 g/mol. The molecule has 4 nitrogen and oxygen atoms in total. The Labute approximate surface area is 130 Å². The molecule has 2 aliphatic carbocycles. The third-order valence-corrected chi connectivity index (χ3v) is 5.60. The summed E-state index contributed by atoms with van der Waals surface area (Å²) in [6.45, 7) is 5.32. The predicted molar refractivity (Wildman–Crippen MR) is 88.7 cm³/mol. The first-order valence-corrected chi connectivity index (χ1v) is 8.55. The summed E-state index contributed by atoms with van der Waals surface area (Å²) in [5.41, 5.74) is 0.896. The van der Waals surface area contributed by atoms with Crippen molar-refractivity contribution < 1.29 is 4.74 Å². The van der Waals surface area contributed by atoms with Gasteiger partial charge in [-0.05, 0) is 42.9 Å². The summed E-state index contributed by atoms with van der Waals surface area (Å²) in [7, 11) is 3.66. The van der Waals surface area contributed by atoms with Crippen molar-refractivity contribution in [3.05, 3.63) is 0 Å². The number of guanidine groups is 1. The van der Waals surface area contributed by atoms with E-state index in [1.54, 1.807) is 7.11 Å². The van der Waals surface area contributed by atoms with Gasteiger partial charge < -0.3 is 15.4 Å². The highest BCUT2D eigenvalue weighted by Crippen LogP contribution is 2.43. The van der Waals surface area contributed by atoms with Gasteiger partial charge in [0.05, 0.1) is 0 Å². The first-order chi connectivity index (χ1) is 10.1. The second-order valence-corrected chi connectivity index (χ2v) is 7.39. The van der Waals surface area contributed by atoms with E-state index < -0.39 is 0 Å². The van der Waals surface area contributed by atoms with Gasteiger partial charge in [-0.2, -0.15) is 0 Å². The van der Waals surface area contributed by atoms with Crippen molar-refractivity contribution in [3.63, 3.8) is 0 Å². The number of methoxy groups -OCH3 is 1. The van der Waals surface area contributed by atoms with Crippen LogP contribution in [0.3, 0.4) is 0 Å². The molecule has 0 radical (unpaired) electrons. The van der Waals surface area contributed by atoms with Gasteiger partial charge in [-0.15, -0.1) is 0 Å². The molecule has 2 fully saturated rings. The van der Waals surface area contributed by atoms with E-state index in [2.05, 4.69) is 22.5 Å². The Hall–Kier alpha value is -0.770. The molecule has 122 valence electrons. The standard InChI is InChI=1S/C17H33N3O/c1-16(7-4-5-8-16)13-19-15(18-2)20-14-17(9-6-10-17)11-12-21-3/h4-14H2,1-3H3,(H2,18,19,20). The van der Waals surface area contributed by atoms with Crippen molar-refractivity contribution in [2.45, 2.75) is 58.3 Å². The molecule has 0 atom stereocenters. The fourth-order valence-electron chi connectivity index (χ4n) is 3.70. The second-order valence-electron chi connectivity index (χ2n) is 7.39. The van der Waals surface area contributed by atoms with Crippen LogP contribution in [0, 0.1) is 10.8 Å². The number of aliphatic imine (C=N–C) groups is 1. The Morgan fingerprint density at radius 1 is 1.05 bits per heavy atom. The number of ether oxygens (including phenoxy) is 1. The van der Waals surface area contributed by atoms with Crippen molar-refractivity contribution in [1.29, 1.82) is 0 Å². The van der Waals surface area contributed by atoms with Gasteiger partial charge in [0.1, 0.15) is 0 Å². The normalized spacial score (nSPS) is 23.7. The minimum Gasteiger partial charge on any atom is -0.385 e. The molecule has 0 aliphatic heterocycles. The molecule has 21 heavy (non-hydrogen) atoms. The summed E-state index contributed by atoms with van der Waals surface area (Å²) in [6.07, 6.45) is 10.6. The van der Waals surface area contributed by atoms with Crippen LogP contribution in [0.1, 0.15) is 58.3 Å². The SMILES string of the molecule is CN=C(NCC1(C)CCCC1)NCC1(CCOC)CCC1. The highest BCUT2D eigenvalue weighted by Gasteiger charge is 2.36.